The van der Waals surface area contributed by atoms with E-state index in [1.807, 2.05) is 19.9 Å². The molecule has 0 spiro atoms. The Morgan fingerprint density at radius 3 is 2.59 bits per heavy atom. The van der Waals surface area contributed by atoms with Gasteiger partial charge >= 0.3 is 0 Å². The van der Waals surface area contributed by atoms with Crippen LogP contribution in [0.5, 0.6) is 11.6 Å². The van der Waals surface area contributed by atoms with Crippen molar-refractivity contribution < 1.29 is 19.0 Å². The van der Waals surface area contributed by atoms with Crippen LogP contribution in [-0.4, -0.2) is 39.6 Å². The van der Waals surface area contributed by atoms with Gasteiger partial charge in [0, 0.05) is 42.0 Å². The first-order valence-electron chi connectivity index (χ1n) is 9.07. The summed E-state index contributed by atoms with van der Waals surface area (Å²) in [6, 6.07) is 6.30. The van der Waals surface area contributed by atoms with Gasteiger partial charge in [0.15, 0.2) is 11.6 Å². The Labute approximate surface area is 177 Å². The van der Waals surface area contributed by atoms with E-state index in [4.69, 9.17) is 26.2 Å². The molecule has 6 nitrogen and oxygen atoms in total. The van der Waals surface area contributed by atoms with Crippen molar-refractivity contribution in [1.82, 2.24) is 15.2 Å². The summed E-state index contributed by atoms with van der Waals surface area (Å²) in [6.45, 7) is 5.81. The molecule has 0 aliphatic heterocycles. The van der Waals surface area contributed by atoms with Crippen molar-refractivity contribution in [3.05, 3.63) is 41.3 Å². The summed E-state index contributed by atoms with van der Waals surface area (Å²) in [5.74, 6) is -0.0916. The van der Waals surface area contributed by atoms with Crippen LogP contribution in [0.2, 0.25) is 5.02 Å². The Bertz CT molecular complexity index is 966. The lowest BCUT2D eigenvalue weighted by Gasteiger charge is -2.12. The molecule has 2 heterocycles. The minimum Gasteiger partial charge on any atom is -0.490 e. The van der Waals surface area contributed by atoms with E-state index in [0.29, 0.717) is 26.5 Å². The van der Waals surface area contributed by atoms with Crippen molar-refractivity contribution in [2.45, 2.75) is 26.9 Å². The van der Waals surface area contributed by atoms with E-state index >= 15 is 0 Å². The maximum Gasteiger partial charge on any atom is 0.213 e. The summed E-state index contributed by atoms with van der Waals surface area (Å²) in [5.41, 5.74) is 1.21. The topological polar surface area (TPSA) is 77.4 Å². The Morgan fingerprint density at radius 1 is 1.17 bits per heavy atom. The lowest BCUT2D eigenvalue weighted by molar-refractivity contribution is 0.171. The summed E-state index contributed by atoms with van der Waals surface area (Å²) < 4.78 is 25.4. The number of benzene rings is 1. The number of aromatic nitrogens is 3. The molecule has 1 unspecified atom stereocenters. The number of ether oxygens (including phenoxy) is 2. The van der Waals surface area contributed by atoms with Crippen molar-refractivity contribution in [2.75, 3.05) is 13.2 Å². The third-order valence-electron chi connectivity index (χ3n) is 3.85. The molecule has 0 bridgehead atoms. The fraction of sp³-hybridized carbons (Fsp3) is 0.350. The molecule has 0 saturated heterocycles. The van der Waals surface area contributed by atoms with Gasteiger partial charge in [-0.1, -0.05) is 29.9 Å². The van der Waals surface area contributed by atoms with Gasteiger partial charge in [-0.2, -0.15) is 0 Å². The number of nitrogens with zero attached hydrogens (tertiary/aromatic N) is 3. The highest BCUT2D eigenvalue weighted by Gasteiger charge is 2.17. The van der Waals surface area contributed by atoms with Crippen molar-refractivity contribution in [3.63, 3.8) is 0 Å². The van der Waals surface area contributed by atoms with E-state index < -0.39 is 5.82 Å². The molecule has 2 aromatic heterocycles. The van der Waals surface area contributed by atoms with Crippen molar-refractivity contribution in [1.29, 1.82) is 0 Å². The van der Waals surface area contributed by atoms with E-state index in [-0.39, 0.29) is 31.0 Å². The standard InChI is InChI=1S/C20H21ClFN3O3S/c1-11(2)28-18-5-4-13(8-23-18)19-24-25-20(29-19)14-6-16(22)17(7-15(14)21)27-10-12(3)9-26/h4-8,11-12,26H,9-10H2,1-3H3. The summed E-state index contributed by atoms with van der Waals surface area (Å²) in [7, 11) is 0. The van der Waals surface area contributed by atoms with Crippen LogP contribution in [0.3, 0.4) is 0 Å². The van der Waals surface area contributed by atoms with Crippen LogP contribution >= 0.6 is 22.9 Å². The van der Waals surface area contributed by atoms with Crippen LogP contribution in [0.15, 0.2) is 30.5 Å². The van der Waals surface area contributed by atoms with E-state index in [1.165, 1.54) is 23.5 Å². The number of hydrogen-bond acceptors (Lipinski definition) is 7. The molecule has 9 heteroatoms. The average molecular weight is 438 g/mol. The van der Waals surface area contributed by atoms with Crippen LogP contribution < -0.4 is 9.47 Å². The van der Waals surface area contributed by atoms with E-state index in [1.54, 1.807) is 19.2 Å². The summed E-state index contributed by atoms with van der Waals surface area (Å²) in [5, 5.41) is 18.8. The highest BCUT2D eigenvalue weighted by Crippen LogP contribution is 2.37. The smallest absolute Gasteiger partial charge is 0.213 e. The van der Waals surface area contributed by atoms with Crippen LogP contribution in [-0.2, 0) is 0 Å². The molecule has 1 aromatic carbocycles. The zero-order valence-corrected chi connectivity index (χ0v) is 17.8. The van der Waals surface area contributed by atoms with E-state index in [2.05, 4.69) is 15.2 Å². The second kappa shape index (κ2) is 9.47. The largest absolute Gasteiger partial charge is 0.490 e. The predicted molar refractivity (Wildman–Crippen MR) is 111 cm³/mol. The van der Waals surface area contributed by atoms with Gasteiger partial charge in [0.2, 0.25) is 5.88 Å². The molecular weight excluding hydrogens is 417 g/mol. The van der Waals surface area contributed by atoms with Gasteiger partial charge in [0.1, 0.15) is 10.0 Å². The molecule has 3 rings (SSSR count). The Balaban J connectivity index is 1.80. The quantitative estimate of drug-likeness (QED) is 0.542. The van der Waals surface area contributed by atoms with Crippen LogP contribution in [0, 0.1) is 11.7 Å². The Kier molecular flexibility index (Phi) is 7.00. The normalized spacial score (nSPS) is 12.2. The number of rotatable bonds is 8. The van der Waals surface area contributed by atoms with Gasteiger partial charge in [-0.15, -0.1) is 10.2 Å². The predicted octanol–water partition coefficient (Wildman–Crippen LogP) is 4.85. The average Bonchev–Trinajstić information content (AvgIpc) is 3.18. The first-order valence-corrected chi connectivity index (χ1v) is 10.3. The molecule has 29 heavy (non-hydrogen) atoms. The van der Waals surface area contributed by atoms with E-state index in [0.717, 1.165) is 5.56 Å². The summed E-state index contributed by atoms with van der Waals surface area (Å²) >= 11 is 7.60. The number of pyridine rings is 1. The van der Waals surface area contributed by atoms with Gasteiger partial charge in [-0.3, -0.25) is 0 Å². The Hall–Kier alpha value is -2.29. The van der Waals surface area contributed by atoms with Crippen LogP contribution in [0.1, 0.15) is 20.8 Å². The number of aliphatic hydroxyl groups is 1. The molecule has 154 valence electrons. The minimum absolute atomic E-state index is 0.0359. The van der Waals surface area contributed by atoms with Crippen molar-refractivity contribution >= 4 is 22.9 Å². The van der Waals surface area contributed by atoms with Crippen LogP contribution in [0.25, 0.3) is 21.1 Å². The monoisotopic (exact) mass is 437 g/mol. The van der Waals surface area contributed by atoms with E-state index in [9.17, 15) is 4.39 Å². The Morgan fingerprint density at radius 2 is 1.93 bits per heavy atom. The van der Waals surface area contributed by atoms with Crippen LogP contribution in [0.4, 0.5) is 4.39 Å². The minimum atomic E-state index is -0.553. The molecule has 0 saturated carbocycles. The summed E-state index contributed by atoms with van der Waals surface area (Å²) in [4.78, 5) is 4.26. The maximum absolute atomic E-state index is 14.4. The molecule has 0 aliphatic carbocycles. The van der Waals surface area contributed by atoms with Gasteiger partial charge < -0.3 is 14.6 Å². The van der Waals surface area contributed by atoms with Gasteiger partial charge in [0.25, 0.3) is 0 Å². The molecular formula is C20H21ClFN3O3S. The van der Waals surface area contributed by atoms with Crippen molar-refractivity contribution in [2.24, 2.45) is 5.92 Å². The maximum atomic E-state index is 14.4. The molecule has 0 aliphatic rings. The molecule has 1 atom stereocenters. The fourth-order valence-electron chi connectivity index (χ4n) is 2.35. The first-order chi connectivity index (χ1) is 13.9. The highest BCUT2D eigenvalue weighted by atomic mass is 35.5. The van der Waals surface area contributed by atoms with Gasteiger partial charge in [-0.25, -0.2) is 9.37 Å². The highest BCUT2D eigenvalue weighted by molar-refractivity contribution is 7.18. The number of hydrogen-bond donors (Lipinski definition) is 1. The molecule has 3 aromatic rings. The number of aliphatic hydroxyl groups excluding tert-OH is 1. The van der Waals surface area contributed by atoms with Gasteiger partial charge in [-0.05, 0) is 26.0 Å². The van der Waals surface area contributed by atoms with Crippen molar-refractivity contribution in [3.8, 4) is 32.8 Å². The zero-order chi connectivity index (χ0) is 21.0. The molecule has 1 N–H and O–H groups in total. The lowest BCUT2D eigenvalue weighted by atomic mass is 10.2. The lowest BCUT2D eigenvalue weighted by Crippen LogP contribution is -2.12. The zero-order valence-electron chi connectivity index (χ0n) is 16.2. The summed E-state index contributed by atoms with van der Waals surface area (Å²) in [6.07, 6.45) is 1.70. The SMILES string of the molecule is CC(CO)COc1cc(Cl)c(-c2nnc(-c3ccc(OC(C)C)nc3)s2)cc1F. The third-order valence-corrected chi connectivity index (χ3v) is 5.17. The molecule has 0 radical (unpaired) electrons. The first kappa shape index (κ1) is 21.4. The number of halogens is 2. The molecule has 0 fully saturated rings. The fourth-order valence-corrected chi connectivity index (χ4v) is 3.52. The third kappa shape index (κ3) is 5.41. The molecule has 0 amide bonds. The second-order valence-electron chi connectivity index (χ2n) is 6.83. The second-order valence-corrected chi connectivity index (χ2v) is 8.21. The van der Waals surface area contributed by atoms with Gasteiger partial charge in [0.05, 0.1) is 17.7 Å².